The maximum absolute atomic E-state index is 12.9. The highest BCUT2D eigenvalue weighted by atomic mass is 79.9. The highest BCUT2D eigenvalue weighted by molar-refractivity contribution is 9.10. The summed E-state index contributed by atoms with van der Waals surface area (Å²) in [6, 6.07) is 4.22. The lowest BCUT2D eigenvalue weighted by Crippen LogP contribution is -2.07. The molecule has 0 aliphatic rings. The number of rotatable bonds is 2. The Balaban J connectivity index is 3.08. The minimum absolute atomic E-state index is 0.0415. The second-order valence-electron chi connectivity index (χ2n) is 3.18. The van der Waals surface area contributed by atoms with Crippen LogP contribution in [0.3, 0.4) is 0 Å². The first-order valence-corrected chi connectivity index (χ1v) is 4.80. The lowest BCUT2D eigenvalue weighted by Gasteiger charge is -2.04. The third-order valence-electron chi connectivity index (χ3n) is 1.67. The second kappa shape index (κ2) is 4.01. The van der Waals surface area contributed by atoms with Crippen LogP contribution in [-0.4, -0.2) is 5.78 Å². The van der Waals surface area contributed by atoms with Crippen molar-refractivity contribution in [3.05, 3.63) is 34.1 Å². The molecule has 70 valence electrons. The van der Waals surface area contributed by atoms with Gasteiger partial charge in [0.1, 0.15) is 5.82 Å². The van der Waals surface area contributed by atoms with Crippen molar-refractivity contribution in [1.29, 1.82) is 0 Å². The Kier molecular flexibility index (Phi) is 3.20. The zero-order chi connectivity index (χ0) is 10.0. The van der Waals surface area contributed by atoms with Crippen molar-refractivity contribution in [2.45, 2.75) is 13.8 Å². The molecule has 0 radical (unpaired) electrons. The molecule has 0 spiro atoms. The molecule has 0 saturated carbocycles. The molecule has 0 atom stereocenters. The van der Waals surface area contributed by atoms with E-state index in [4.69, 9.17) is 0 Å². The lowest BCUT2D eigenvalue weighted by atomic mass is 10.0. The molecule has 0 aliphatic heterocycles. The summed E-state index contributed by atoms with van der Waals surface area (Å²) in [6.45, 7) is 3.59. The van der Waals surface area contributed by atoms with E-state index in [9.17, 15) is 9.18 Å². The van der Waals surface area contributed by atoms with E-state index in [0.717, 1.165) is 0 Å². The van der Waals surface area contributed by atoms with Crippen LogP contribution in [0.4, 0.5) is 4.39 Å². The molecule has 1 nitrogen and oxygen atoms in total. The van der Waals surface area contributed by atoms with E-state index in [-0.39, 0.29) is 11.7 Å². The van der Waals surface area contributed by atoms with Gasteiger partial charge in [-0.1, -0.05) is 29.8 Å². The first-order valence-electron chi connectivity index (χ1n) is 4.01. The second-order valence-corrected chi connectivity index (χ2v) is 4.09. The van der Waals surface area contributed by atoms with Gasteiger partial charge >= 0.3 is 0 Å². The van der Waals surface area contributed by atoms with Crippen LogP contribution in [0.2, 0.25) is 0 Å². The fourth-order valence-corrected chi connectivity index (χ4v) is 1.49. The fraction of sp³-hybridized carbons (Fsp3) is 0.300. The van der Waals surface area contributed by atoms with Gasteiger partial charge in [-0.15, -0.1) is 0 Å². The molecule has 1 rings (SSSR count). The van der Waals surface area contributed by atoms with Crippen LogP contribution in [0.25, 0.3) is 0 Å². The van der Waals surface area contributed by atoms with Gasteiger partial charge in [-0.2, -0.15) is 0 Å². The summed E-state index contributed by atoms with van der Waals surface area (Å²) in [5, 5.41) is 0. The molecule has 13 heavy (non-hydrogen) atoms. The predicted molar refractivity (Wildman–Crippen MR) is 53.3 cm³/mol. The Bertz CT molecular complexity index is 313. The zero-order valence-electron chi connectivity index (χ0n) is 7.47. The summed E-state index contributed by atoms with van der Waals surface area (Å²) >= 11 is 3.14. The van der Waals surface area contributed by atoms with Crippen LogP contribution in [0.1, 0.15) is 24.2 Å². The number of hydrogen-bond donors (Lipinski definition) is 0. The maximum Gasteiger partial charge on any atom is 0.165 e. The Hall–Kier alpha value is -0.700. The third kappa shape index (κ3) is 2.62. The van der Waals surface area contributed by atoms with Crippen molar-refractivity contribution >= 4 is 21.7 Å². The van der Waals surface area contributed by atoms with E-state index in [1.165, 1.54) is 12.1 Å². The summed E-state index contributed by atoms with van der Waals surface area (Å²) < 4.78 is 13.5. The SMILES string of the molecule is CC(C)C(=O)c1cc(F)cc(Br)c1. The number of benzene rings is 1. The van der Waals surface area contributed by atoms with Crippen LogP contribution < -0.4 is 0 Å². The van der Waals surface area contributed by atoms with Crippen molar-refractivity contribution in [1.82, 2.24) is 0 Å². The van der Waals surface area contributed by atoms with E-state index < -0.39 is 5.82 Å². The number of hydrogen-bond acceptors (Lipinski definition) is 1. The Labute approximate surface area is 85.1 Å². The van der Waals surface area contributed by atoms with Gasteiger partial charge < -0.3 is 0 Å². The molecule has 0 heterocycles. The van der Waals surface area contributed by atoms with Gasteiger partial charge in [0.05, 0.1) is 0 Å². The molecule has 1 aromatic rings. The van der Waals surface area contributed by atoms with Crippen molar-refractivity contribution in [2.75, 3.05) is 0 Å². The van der Waals surface area contributed by atoms with Crippen molar-refractivity contribution < 1.29 is 9.18 Å². The average Bonchev–Trinajstić information content (AvgIpc) is 2.01. The van der Waals surface area contributed by atoms with Crippen LogP contribution in [0.15, 0.2) is 22.7 Å². The van der Waals surface area contributed by atoms with E-state index in [1.54, 1.807) is 19.9 Å². The summed E-state index contributed by atoms with van der Waals surface area (Å²) in [7, 11) is 0. The molecule has 3 heteroatoms. The minimum Gasteiger partial charge on any atom is -0.294 e. The summed E-state index contributed by atoms with van der Waals surface area (Å²) in [4.78, 5) is 11.5. The predicted octanol–water partition coefficient (Wildman–Crippen LogP) is 3.43. The first-order chi connectivity index (χ1) is 6.00. The average molecular weight is 245 g/mol. The topological polar surface area (TPSA) is 17.1 Å². The van der Waals surface area contributed by atoms with Gasteiger partial charge in [0.2, 0.25) is 0 Å². The highest BCUT2D eigenvalue weighted by Gasteiger charge is 2.11. The summed E-state index contributed by atoms with van der Waals surface area (Å²) in [6.07, 6.45) is 0. The minimum atomic E-state index is -0.390. The van der Waals surface area contributed by atoms with Crippen LogP contribution in [0.5, 0.6) is 0 Å². The number of Topliss-reactive ketones (excluding diaryl/α,β-unsaturated/α-hetero) is 1. The molecule has 0 bridgehead atoms. The fourth-order valence-electron chi connectivity index (χ4n) is 1.03. The molecule has 1 aromatic carbocycles. The van der Waals surface area contributed by atoms with Crippen molar-refractivity contribution in [3.8, 4) is 0 Å². The molecular weight excluding hydrogens is 235 g/mol. The third-order valence-corrected chi connectivity index (χ3v) is 2.13. The van der Waals surface area contributed by atoms with Gasteiger partial charge in [0.15, 0.2) is 5.78 Å². The molecule has 0 aliphatic carbocycles. The number of carbonyl (C=O) groups excluding carboxylic acids is 1. The molecule has 0 saturated heterocycles. The largest absolute Gasteiger partial charge is 0.294 e. The molecule has 0 unspecified atom stereocenters. The Morgan fingerprint density at radius 3 is 2.46 bits per heavy atom. The molecule has 0 fully saturated rings. The van der Waals surface area contributed by atoms with Gasteiger partial charge in [-0.05, 0) is 18.2 Å². The monoisotopic (exact) mass is 244 g/mol. The highest BCUT2D eigenvalue weighted by Crippen LogP contribution is 2.17. The standard InChI is InChI=1S/C10H10BrFO/c1-6(2)10(13)7-3-8(11)5-9(12)4-7/h3-6H,1-2H3. The quantitative estimate of drug-likeness (QED) is 0.729. The molecule has 0 amide bonds. The van der Waals surface area contributed by atoms with Gasteiger partial charge in [0.25, 0.3) is 0 Å². The maximum atomic E-state index is 12.9. The Morgan fingerprint density at radius 2 is 2.00 bits per heavy atom. The van der Waals surface area contributed by atoms with E-state index in [1.807, 2.05) is 0 Å². The molecule has 0 N–H and O–H groups in total. The first kappa shape index (κ1) is 10.4. The summed E-state index contributed by atoms with van der Waals surface area (Å²) in [5.41, 5.74) is 0.418. The van der Waals surface area contributed by atoms with Crippen molar-refractivity contribution in [2.24, 2.45) is 5.92 Å². The smallest absolute Gasteiger partial charge is 0.165 e. The molecular formula is C10H10BrFO. The van der Waals surface area contributed by atoms with Gasteiger partial charge in [-0.25, -0.2) is 4.39 Å². The van der Waals surface area contributed by atoms with Gasteiger partial charge in [-0.3, -0.25) is 4.79 Å². The van der Waals surface area contributed by atoms with Crippen LogP contribution in [-0.2, 0) is 0 Å². The molecule has 0 aromatic heterocycles. The van der Waals surface area contributed by atoms with E-state index in [2.05, 4.69) is 15.9 Å². The van der Waals surface area contributed by atoms with Crippen LogP contribution >= 0.6 is 15.9 Å². The normalized spacial score (nSPS) is 10.5. The number of carbonyl (C=O) groups is 1. The van der Waals surface area contributed by atoms with E-state index in [0.29, 0.717) is 10.0 Å². The summed E-state index contributed by atoms with van der Waals surface area (Å²) in [5.74, 6) is -0.535. The number of halogens is 2. The van der Waals surface area contributed by atoms with Crippen LogP contribution in [0, 0.1) is 11.7 Å². The number of ketones is 1. The van der Waals surface area contributed by atoms with E-state index >= 15 is 0 Å². The van der Waals surface area contributed by atoms with Gasteiger partial charge in [0, 0.05) is 16.0 Å². The zero-order valence-corrected chi connectivity index (χ0v) is 9.06. The Morgan fingerprint density at radius 1 is 1.38 bits per heavy atom. The lowest BCUT2D eigenvalue weighted by molar-refractivity contribution is 0.0939. The van der Waals surface area contributed by atoms with Crippen molar-refractivity contribution in [3.63, 3.8) is 0 Å².